The second-order valence-corrected chi connectivity index (χ2v) is 6.31. The molecule has 3 aromatic rings. The Morgan fingerprint density at radius 3 is 3.12 bits per heavy atom. The van der Waals surface area contributed by atoms with Crippen molar-refractivity contribution >= 4 is 16.9 Å². The van der Waals surface area contributed by atoms with Crippen LogP contribution in [0.2, 0.25) is 0 Å². The molecule has 4 rings (SSSR count). The summed E-state index contributed by atoms with van der Waals surface area (Å²) in [5.41, 5.74) is 3.80. The molecule has 0 N–H and O–H groups in total. The third kappa shape index (κ3) is 2.66. The Bertz CT molecular complexity index is 873. The largest absolute Gasteiger partial charge is 0.464 e. The molecule has 122 valence electrons. The average Bonchev–Trinajstić information content (AvgIpc) is 3.23. The molecule has 0 radical (unpaired) electrons. The maximum absolute atomic E-state index is 12.8. The average molecular weight is 321 g/mol. The Morgan fingerprint density at radius 2 is 2.29 bits per heavy atom. The second-order valence-electron chi connectivity index (χ2n) is 6.31. The standard InChI is InChI=1S/C19H19N3O2/c1-13-4-5-15-14(12-24-18(15)9-13)10-19(23)22-8-2-3-17(22)16-11-20-6-7-21-16/h4-7,9,11-12,17H,2-3,8,10H2,1H3. The van der Waals surface area contributed by atoms with Crippen LogP contribution in [0.1, 0.15) is 35.7 Å². The number of carbonyl (C=O) groups is 1. The van der Waals surface area contributed by atoms with Crippen LogP contribution in [-0.4, -0.2) is 27.3 Å². The van der Waals surface area contributed by atoms with E-state index in [-0.39, 0.29) is 11.9 Å². The van der Waals surface area contributed by atoms with Gasteiger partial charge < -0.3 is 9.32 Å². The van der Waals surface area contributed by atoms with E-state index in [1.54, 1.807) is 24.9 Å². The molecule has 1 atom stereocenters. The number of fused-ring (bicyclic) bond motifs is 1. The van der Waals surface area contributed by atoms with Gasteiger partial charge >= 0.3 is 0 Å². The number of aromatic nitrogens is 2. The van der Waals surface area contributed by atoms with E-state index < -0.39 is 0 Å². The number of hydrogen-bond donors (Lipinski definition) is 0. The first-order valence-electron chi connectivity index (χ1n) is 8.24. The van der Waals surface area contributed by atoms with E-state index in [9.17, 15) is 4.79 Å². The number of hydrogen-bond acceptors (Lipinski definition) is 4. The monoisotopic (exact) mass is 321 g/mol. The number of aryl methyl sites for hydroxylation is 1. The molecule has 1 aliphatic rings. The Hall–Kier alpha value is -2.69. The molecule has 3 heterocycles. The summed E-state index contributed by atoms with van der Waals surface area (Å²) in [7, 11) is 0. The zero-order chi connectivity index (χ0) is 16.5. The molecule has 5 nitrogen and oxygen atoms in total. The third-order valence-corrected chi connectivity index (χ3v) is 4.65. The summed E-state index contributed by atoms with van der Waals surface area (Å²) in [5, 5.41) is 1.02. The van der Waals surface area contributed by atoms with E-state index >= 15 is 0 Å². The molecular formula is C19H19N3O2. The summed E-state index contributed by atoms with van der Waals surface area (Å²) in [5.74, 6) is 0.117. The third-order valence-electron chi connectivity index (χ3n) is 4.65. The summed E-state index contributed by atoms with van der Waals surface area (Å²) in [4.78, 5) is 23.3. The Morgan fingerprint density at radius 1 is 1.38 bits per heavy atom. The molecule has 24 heavy (non-hydrogen) atoms. The van der Waals surface area contributed by atoms with Crippen molar-refractivity contribution in [2.24, 2.45) is 0 Å². The second kappa shape index (κ2) is 6.07. The summed E-state index contributed by atoms with van der Waals surface area (Å²) >= 11 is 0. The van der Waals surface area contributed by atoms with Gasteiger partial charge in [0.15, 0.2) is 0 Å². The first-order chi connectivity index (χ1) is 11.7. The molecule has 5 heteroatoms. The van der Waals surface area contributed by atoms with Crippen molar-refractivity contribution in [3.8, 4) is 0 Å². The van der Waals surface area contributed by atoms with Crippen LogP contribution in [0.4, 0.5) is 0 Å². The SMILES string of the molecule is Cc1ccc2c(CC(=O)N3CCCC3c3cnccn3)coc2c1. The van der Waals surface area contributed by atoms with Crippen molar-refractivity contribution in [2.45, 2.75) is 32.2 Å². The van der Waals surface area contributed by atoms with Crippen LogP contribution in [-0.2, 0) is 11.2 Å². The lowest BCUT2D eigenvalue weighted by Crippen LogP contribution is -2.32. The van der Waals surface area contributed by atoms with Gasteiger partial charge in [0.1, 0.15) is 5.58 Å². The zero-order valence-electron chi connectivity index (χ0n) is 13.6. The number of carbonyl (C=O) groups excluding carboxylic acids is 1. The quantitative estimate of drug-likeness (QED) is 0.741. The normalized spacial score (nSPS) is 17.5. The number of nitrogens with zero attached hydrogens (tertiary/aromatic N) is 3. The highest BCUT2D eigenvalue weighted by molar-refractivity contribution is 5.88. The van der Waals surface area contributed by atoms with Crippen LogP contribution in [0.15, 0.2) is 47.5 Å². The van der Waals surface area contributed by atoms with Gasteiger partial charge in [-0.1, -0.05) is 12.1 Å². The van der Waals surface area contributed by atoms with Gasteiger partial charge in [0, 0.05) is 29.9 Å². The highest BCUT2D eigenvalue weighted by Gasteiger charge is 2.31. The highest BCUT2D eigenvalue weighted by atomic mass is 16.3. The van der Waals surface area contributed by atoms with Gasteiger partial charge in [-0.15, -0.1) is 0 Å². The van der Waals surface area contributed by atoms with Gasteiger partial charge in [0.25, 0.3) is 0 Å². The van der Waals surface area contributed by atoms with Crippen LogP contribution in [0, 0.1) is 6.92 Å². The number of furan rings is 1. The van der Waals surface area contributed by atoms with E-state index in [0.717, 1.165) is 47.2 Å². The van der Waals surface area contributed by atoms with E-state index in [1.165, 1.54) is 0 Å². The predicted molar refractivity (Wildman–Crippen MR) is 90.4 cm³/mol. The fraction of sp³-hybridized carbons (Fsp3) is 0.316. The molecule has 2 aromatic heterocycles. The number of benzene rings is 1. The summed E-state index contributed by atoms with van der Waals surface area (Å²) in [6, 6.07) is 6.11. The Kier molecular flexibility index (Phi) is 3.76. The molecule has 1 unspecified atom stereocenters. The van der Waals surface area contributed by atoms with Gasteiger partial charge in [-0.05, 0) is 31.4 Å². The van der Waals surface area contributed by atoms with Gasteiger partial charge in [0.05, 0.1) is 30.6 Å². The van der Waals surface area contributed by atoms with Gasteiger partial charge in [-0.25, -0.2) is 0 Å². The minimum atomic E-state index is 0.0339. The van der Waals surface area contributed by atoms with E-state index in [4.69, 9.17) is 4.42 Å². The number of amides is 1. The zero-order valence-corrected chi connectivity index (χ0v) is 13.6. The van der Waals surface area contributed by atoms with Crippen molar-refractivity contribution in [3.63, 3.8) is 0 Å². The lowest BCUT2D eigenvalue weighted by atomic mass is 10.1. The molecule has 0 bridgehead atoms. The molecule has 1 aliphatic heterocycles. The molecule has 1 amide bonds. The highest BCUT2D eigenvalue weighted by Crippen LogP contribution is 2.31. The smallest absolute Gasteiger partial charge is 0.227 e. The fourth-order valence-corrected chi connectivity index (χ4v) is 3.45. The van der Waals surface area contributed by atoms with Crippen molar-refractivity contribution in [1.82, 2.24) is 14.9 Å². The lowest BCUT2D eigenvalue weighted by Gasteiger charge is -2.24. The van der Waals surface area contributed by atoms with Gasteiger partial charge in [-0.2, -0.15) is 0 Å². The van der Waals surface area contributed by atoms with Crippen LogP contribution in [0.5, 0.6) is 0 Å². The molecule has 0 aliphatic carbocycles. The van der Waals surface area contributed by atoms with Crippen molar-refractivity contribution in [2.75, 3.05) is 6.54 Å². The Balaban J connectivity index is 1.57. The number of rotatable bonds is 3. The maximum Gasteiger partial charge on any atom is 0.227 e. The van der Waals surface area contributed by atoms with Crippen LogP contribution in [0.25, 0.3) is 11.0 Å². The topological polar surface area (TPSA) is 59.2 Å². The van der Waals surface area contributed by atoms with Gasteiger partial charge in [0.2, 0.25) is 5.91 Å². The van der Waals surface area contributed by atoms with E-state index in [1.807, 2.05) is 30.0 Å². The molecule has 1 aromatic carbocycles. The first kappa shape index (κ1) is 14.9. The van der Waals surface area contributed by atoms with Crippen LogP contribution in [0.3, 0.4) is 0 Å². The maximum atomic E-state index is 12.8. The summed E-state index contributed by atoms with van der Waals surface area (Å²) < 4.78 is 5.61. The van der Waals surface area contributed by atoms with Crippen molar-refractivity contribution in [1.29, 1.82) is 0 Å². The number of likely N-dealkylation sites (tertiary alicyclic amines) is 1. The fourth-order valence-electron chi connectivity index (χ4n) is 3.45. The minimum absolute atomic E-state index is 0.0339. The van der Waals surface area contributed by atoms with E-state index in [2.05, 4.69) is 9.97 Å². The first-order valence-corrected chi connectivity index (χ1v) is 8.24. The minimum Gasteiger partial charge on any atom is -0.464 e. The molecule has 1 fully saturated rings. The summed E-state index contributed by atoms with van der Waals surface area (Å²) in [6.07, 6.45) is 9.09. The van der Waals surface area contributed by atoms with Crippen LogP contribution < -0.4 is 0 Å². The van der Waals surface area contributed by atoms with E-state index in [0.29, 0.717) is 6.42 Å². The van der Waals surface area contributed by atoms with Crippen LogP contribution >= 0.6 is 0 Å². The van der Waals surface area contributed by atoms with Crippen molar-refractivity contribution < 1.29 is 9.21 Å². The lowest BCUT2D eigenvalue weighted by molar-refractivity contribution is -0.131. The molecule has 0 saturated carbocycles. The molecule has 0 spiro atoms. The van der Waals surface area contributed by atoms with Crippen molar-refractivity contribution in [3.05, 3.63) is 59.9 Å². The molecular weight excluding hydrogens is 302 g/mol. The summed E-state index contributed by atoms with van der Waals surface area (Å²) in [6.45, 7) is 2.80. The van der Waals surface area contributed by atoms with Gasteiger partial charge in [-0.3, -0.25) is 14.8 Å². The molecule has 1 saturated heterocycles. The predicted octanol–water partition coefficient (Wildman–Crippen LogP) is 3.44. The Labute approximate surface area is 140 Å².